The minimum atomic E-state index is -2.25. The van der Waals surface area contributed by atoms with Gasteiger partial charge in [0.25, 0.3) is 0 Å². The van der Waals surface area contributed by atoms with Gasteiger partial charge in [-0.1, -0.05) is 74.9 Å². The average Bonchev–Trinajstić information content (AvgIpc) is 2.67. The largest absolute Gasteiger partial charge is 0.508 e. The van der Waals surface area contributed by atoms with Crippen molar-refractivity contribution >= 4 is 34.4 Å². The summed E-state index contributed by atoms with van der Waals surface area (Å²) in [6.07, 6.45) is 0.526. The molecule has 0 aliphatic carbocycles. The molecule has 204 valence electrons. The van der Waals surface area contributed by atoms with E-state index in [4.69, 9.17) is 13.9 Å². The lowest BCUT2D eigenvalue weighted by Gasteiger charge is -2.61. The fraction of sp³-hybridized carbons (Fsp3) is 0.885. The van der Waals surface area contributed by atoms with E-state index in [-0.39, 0.29) is 47.1 Å². The van der Waals surface area contributed by atoms with Crippen molar-refractivity contribution in [3.8, 4) is 0 Å². The maximum absolute atomic E-state index is 13.7. The Morgan fingerprint density at radius 2 is 1.51 bits per heavy atom. The first-order valence-electron chi connectivity index (χ1n) is 13.0. The van der Waals surface area contributed by atoms with Crippen LogP contribution in [0.4, 0.5) is 4.79 Å². The lowest BCUT2D eigenvalue weighted by Crippen LogP contribution is -2.77. The first-order valence-corrected chi connectivity index (χ1v) is 18.9. The smallest absolute Gasteiger partial charge is 0.434 e. The van der Waals surface area contributed by atoms with Crippen LogP contribution in [-0.4, -0.2) is 64.3 Å². The van der Waals surface area contributed by atoms with Gasteiger partial charge in [-0.05, 0) is 36.5 Å². The highest BCUT2D eigenvalue weighted by Gasteiger charge is 2.61. The van der Waals surface area contributed by atoms with Crippen LogP contribution in [0.15, 0.2) is 0 Å². The minimum Gasteiger partial charge on any atom is -0.434 e. The fourth-order valence-electron chi connectivity index (χ4n) is 4.06. The number of rotatable bonds is 11. The van der Waals surface area contributed by atoms with Crippen LogP contribution in [0.3, 0.4) is 0 Å². The number of carbonyl (C=O) groups excluding carboxylic acids is 3. The summed E-state index contributed by atoms with van der Waals surface area (Å²) in [7, 11) is -4.37. The van der Waals surface area contributed by atoms with Gasteiger partial charge in [-0.2, -0.15) is 0 Å². The van der Waals surface area contributed by atoms with Crippen molar-refractivity contribution < 1.29 is 28.3 Å². The van der Waals surface area contributed by atoms with Gasteiger partial charge in [-0.25, -0.2) is 4.79 Å². The Labute approximate surface area is 215 Å². The Morgan fingerprint density at radius 1 is 0.971 bits per heavy atom. The van der Waals surface area contributed by atoms with E-state index in [0.29, 0.717) is 0 Å². The third kappa shape index (κ3) is 7.19. The quantitative estimate of drug-likeness (QED) is 0.133. The molecule has 0 aromatic carbocycles. The Balaban J connectivity index is 3.16. The normalized spacial score (nSPS) is 21.3. The van der Waals surface area contributed by atoms with Gasteiger partial charge in [0.15, 0.2) is 28.9 Å². The van der Waals surface area contributed by atoms with E-state index in [9.17, 15) is 14.4 Å². The summed E-state index contributed by atoms with van der Waals surface area (Å²) in [6, 6.07) is -0.282. The number of β-lactam (4-membered cyclic amide) rings is 1. The average molecular weight is 530 g/mol. The van der Waals surface area contributed by atoms with Crippen molar-refractivity contribution in [3.05, 3.63) is 0 Å². The first-order chi connectivity index (χ1) is 15.7. The molecule has 1 heterocycles. The second-order valence-electron chi connectivity index (χ2n) is 13.1. The maximum atomic E-state index is 13.7. The SMILES string of the molecule is CCCCOC(=O)OCC(=O)[C@H](C)C1C([C@@H](C)O[Si](C)(C)C(C)(C)C)C(=O)N1[Si](C)(C)C(C)(C)C. The number of Topliss-reactive ketones (excluding diaryl/α,β-unsaturated/α-hetero) is 1. The molecule has 1 aliphatic heterocycles. The summed E-state index contributed by atoms with van der Waals surface area (Å²) in [4.78, 5) is 38.7. The number of ketones is 1. The Morgan fingerprint density at radius 3 is 1.97 bits per heavy atom. The molecule has 2 unspecified atom stereocenters. The monoisotopic (exact) mass is 529 g/mol. The van der Waals surface area contributed by atoms with Crippen molar-refractivity contribution in [2.75, 3.05) is 13.2 Å². The zero-order valence-electron chi connectivity index (χ0n) is 24.5. The van der Waals surface area contributed by atoms with Crippen molar-refractivity contribution in [1.29, 1.82) is 0 Å². The van der Waals surface area contributed by atoms with Crippen LogP contribution < -0.4 is 0 Å². The van der Waals surface area contributed by atoms with Crippen LogP contribution in [0.25, 0.3) is 0 Å². The molecule has 1 saturated heterocycles. The molecule has 7 nitrogen and oxygen atoms in total. The molecule has 0 saturated carbocycles. The summed E-state index contributed by atoms with van der Waals surface area (Å²) in [5.74, 6) is -1.01. The van der Waals surface area contributed by atoms with Crippen molar-refractivity contribution in [2.45, 2.75) is 124 Å². The lowest BCUT2D eigenvalue weighted by molar-refractivity contribution is -0.160. The second kappa shape index (κ2) is 11.5. The molecule has 0 N–H and O–H groups in total. The fourth-order valence-corrected chi connectivity index (χ4v) is 8.04. The maximum Gasteiger partial charge on any atom is 0.508 e. The highest BCUT2D eigenvalue weighted by molar-refractivity contribution is 6.80. The van der Waals surface area contributed by atoms with Gasteiger partial charge in [-0.15, -0.1) is 0 Å². The topological polar surface area (TPSA) is 82.1 Å². The first kappa shape index (κ1) is 31.8. The van der Waals surface area contributed by atoms with Gasteiger partial charge in [-0.3, -0.25) is 9.59 Å². The molecule has 1 amide bonds. The molecule has 1 fully saturated rings. The molecular weight excluding hydrogens is 478 g/mol. The molecule has 0 radical (unpaired) electrons. The zero-order chi connectivity index (χ0) is 27.6. The van der Waals surface area contributed by atoms with Crippen molar-refractivity contribution in [2.24, 2.45) is 11.8 Å². The van der Waals surface area contributed by atoms with Crippen LogP contribution in [0, 0.1) is 11.8 Å². The molecule has 1 aliphatic rings. The Hall–Kier alpha value is -1.20. The van der Waals surface area contributed by atoms with Gasteiger partial charge in [0, 0.05) is 12.0 Å². The van der Waals surface area contributed by atoms with Crippen LogP contribution in [0.2, 0.25) is 36.3 Å². The molecule has 0 aromatic heterocycles. The number of carbonyl (C=O) groups is 3. The zero-order valence-corrected chi connectivity index (χ0v) is 26.5. The molecule has 1 rings (SSSR count). The number of ether oxygens (including phenoxy) is 2. The molecular formula is C26H51NO6Si2. The second-order valence-corrected chi connectivity index (χ2v) is 23.0. The Bertz CT molecular complexity index is 769. The van der Waals surface area contributed by atoms with Crippen LogP contribution in [-0.2, 0) is 23.5 Å². The van der Waals surface area contributed by atoms with Gasteiger partial charge in [0.1, 0.15) is 0 Å². The number of amides is 1. The van der Waals surface area contributed by atoms with Crippen molar-refractivity contribution in [3.63, 3.8) is 0 Å². The molecule has 35 heavy (non-hydrogen) atoms. The van der Waals surface area contributed by atoms with Gasteiger partial charge in [0.05, 0.1) is 18.6 Å². The number of hydrogen-bond donors (Lipinski definition) is 0. The number of unbranched alkanes of at least 4 members (excludes halogenated alkanes) is 1. The molecule has 0 spiro atoms. The summed E-state index contributed by atoms with van der Waals surface area (Å²) in [6.45, 7) is 27.5. The van der Waals surface area contributed by atoms with Gasteiger partial charge < -0.3 is 18.5 Å². The van der Waals surface area contributed by atoms with E-state index in [1.54, 1.807) is 0 Å². The van der Waals surface area contributed by atoms with Crippen LogP contribution in [0.5, 0.6) is 0 Å². The highest BCUT2D eigenvalue weighted by Crippen LogP contribution is 2.49. The van der Waals surface area contributed by atoms with Gasteiger partial charge >= 0.3 is 6.16 Å². The molecule has 4 atom stereocenters. The predicted molar refractivity (Wildman–Crippen MR) is 145 cm³/mol. The summed E-state index contributed by atoms with van der Waals surface area (Å²) in [5, 5.41) is -0.0617. The van der Waals surface area contributed by atoms with Crippen LogP contribution in [0.1, 0.15) is 75.2 Å². The van der Waals surface area contributed by atoms with Crippen LogP contribution >= 0.6 is 0 Å². The van der Waals surface area contributed by atoms with E-state index in [1.807, 2.05) is 25.3 Å². The highest BCUT2D eigenvalue weighted by atomic mass is 28.4. The predicted octanol–water partition coefficient (Wildman–Crippen LogP) is 6.39. The summed E-state index contributed by atoms with van der Waals surface area (Å²) in [5.41, 5.74) is 0. The third-order valence-electron chi connectivity index (χ3n) is 8.49. The molecule has 0 aromatic rings. The third-order valence-corrected chi connectivity index (χ3v) is 18.5. The lowest BCUT2D eigenvalue weighted by atomic mass is 9.77. The van der Waals surface area contributed by atoms with E-state index in [0.717, 1.165) is 12.8 Å². The number of nitrogens with zero attached hydrogens (tertiary/aromatic N) is 1. The van der Waals surface area contributed by atoms with E-state index in [1.165, 1.54) is 0 Å². The number of hydrogen-bond acceptors (Lipinski definition) is 6. The standard InChI is InChI=1S/C26H51NO6Si2/c1-14-15-16-31-24(30)32-17-20(28)18(2)22-21(19(3)33-35(12,13)26(7,8)9)23(29)27(22)34(10,11)25(4,5)6/h18-19,21-22H,14-17H2,1-13H3/t18-,19+,21?,22?/m0/s1. The Kier molecular flexibility index (Phi) is 10.4. The van der Waals surface area contributed by atoms with E-state index in [2.05, 4.69) is 67.7 Å². The van der Waals surface area contributed by atoms with E-state index >= 15 is 0 Å². The van der Waals surface area contributed by atoms with Crippen molar-refractivity contribution in [1.82, 2.24) is 4.57 Å². The minimum absolute atomic E-state index is 0.0100. The summed E-state index contributed by atoms with van der Waals surface area (Å²) < 4.78 is 18.7. The van der Waals surface area contributed by atoms with E-state index < -0.39 is 34.5 Å². The van der Waals surface area contributed by atoms with Gasteiger partial charge in [0.2, 0.25) is 5.91 Å². The molecule has 9 heteroatoms. The summed E-state index contributed by atoms with van der Waals surface area (Å²) >= 11 is 0. The molecule has 0 bridgehead atoms.